The quantitative estimate of drug-likeness (QED) is 0.889. The summed E-state index contributed by atoms with van der Waals surface area (Å²) in [5.41, 5.74) is 2.39. The SMILES string of the molecule is CNC(C)Cc1ccc2c(Cl)nn(C)c2c1. The molecule has 1 aromatic heterocycles. The van der Waals surface area contributed by atoms with Gasteiger partial charge in [0.1, 0.15) is 0 Å². The number of nitrogens with zero attached hydrogens (tertiary/aromatic N) is 2. The smallest absolute Gasteiger partial charge is 0.158 e. The summed E-state index contributed by atoms with van der Waals surface area (Å²) >= 11 is 6.02. The van der Waals surface area contributed by atoms with E-state index >= 15 is 0 Å². The van der Waals surface area contributed by atoms with Crippen LogP contribution >= 0.6 is 11.6 Å². The number of aromatic nitrogens is 2. The molecule has 0 saturated heterocycles. The lowest BCUT2D eigenvalue weighted by Gasteiger charge is -2.09. The van der Waals surface area contributed by atoms with E-state index in [1.54, 1.807) is 0 Å². The molecule has 0 radical (unpaired) electrons. The number of rotatable bonds is 3. The second-order valence-corrected chi connectivity index (χ2v) is 4.52. The van der Waals surface area contributed by atoms with Gasteiger partial charge >= 0.3 is 0 Å². The molecule has 0 spiro atoms. The summed E-state index contributed by atoms with van der Waals surface area (Å²) in [7, 11) is 3.89. The van der Waals surface area contributed by atoms with Crippen LogP contribution in [0.25, 0.3) is 10.9 Å². The molecule has 1 unspecified atom stereocenters. The Balaban J connectivity index is 2.40. The molecule has 0 aliphatic heterocycles. The van der Waals surface area contributed by atoms with Crippen LogP contribution in [-0.2, 0) is 13.5 Å². The van der Waals surface area contributed by atoms with Crippen molar-refractivity contribution in [1.29, 1.82) is 0 Å². The van der Waals surface area contributed by atoms with Crippen molar-refractivity contribution in [3.63, 3.8) is 0 Å². The first-order chi connectivity index (χ1) is 7.61. The van der Waals surface area contributed by atoms with Gasteiger partial charge in [0.2, 0.25) is 0 Å². The largest absolute Gasteiger partial charge is 0.317 e. The first kappa shape index (κ1) is 11.4. The van der Waals surface area contributed by atoms with Crippen LogP contribution in [0.5, 0.6) is 0 Å². The second kappa shape index (κ2) is 4.44. The highest BCUT2D eigenvalue weighted by atomic mass is 35.5. The summed E-state index contributed by atoms with van der Waals surface area (Å²) in [6.07, 6.45) is 1.01. The molecule has 1 heterocycles. The highest BCUT2D eigenvalue weighted by molar-refractivity contribution is 6.34. The summed E-state index contributed by atoms with van der Waals surface area (Å²) in [5.74, 6) is 0. The summed E-state index contributed by atoms with van der Waals surface area (Å²) in [4.78, 5) is 0. The molecule has 1 atom stereocenters. The topological polar surface area (TPSA) is 29.9 Å². The van der Waals surface area contributed by atoms with Crippen molar-refractivity contribution in [3.05, 3.63) is 28.9 Å². The van der Waals surface area contributed by atoms with E-state index in [1.165, 1.54) is 5.56 Å². The fourth-order valence-corrected chi connectivity index (χ4v) is 2.11. The molecular formula is C12H16ClN3. The summed E-state index contributed by atoms with van der Waals surface area (Å²) in [6.45, 7) is 2.17. The summed E-state index contributed by atoms with van der Waals surface area (Å²) in [6, 6.07) is 6.79. The lowest BCUT2D eigenvalue weighted by molar-refractivity contribution is 0.608. The molecule has 0 amide bonds. The van der Waals surface area contributed by atoms with E-state index < -0.39 is 0 Å². The zero-order chi connectivity index (χ0) is 11.7. The van der Waals surface area contributed by atoms with E-state index in [2.05, 4.69) is 29.5 Å². The Hall–Kier alpha value is -1.06. The third-order valence-corrected chi connectivity index (χ3v) is 3.18. The third kappa shape index (κ3) is 2.06. The van der Waals surface area contributed by atoms with Gasteiger partial charge in [0.25, 0.3) is 0 Å². The average Bonchev–Trinajstić information content (AvgIpc) is 2.54. The highest BCUT2D eigenvalue weighted by Gasteiger charge is 2.08. The molecule has 2 aromatic rings. The minimum atomic E-state index is 0.473. The van der Waals surface area contributed by atoms with Crippen LogP contribution in [-0.4, -0.2) is 22.9 Å². The van der Waals surface area contributed by atoms with Crippen LogP contribution in [0.15, 0.2) is 18.2 Å². The zero-order valence-electron chi connectivity index (χ0n) is 9.79. The third-order valence-electron chi connectivity index (χ3n) is 2.91. The number of fused-ring (bicyclic) bond motifs is 1. The van der Waals surface area contributed by atoms with Crippen LogP contribution in [0.4, 0.5) is 0 Å². The van der Waals surface area contributed by atoms with Gasteiger partial charge in [-0.15, -0.1) is 0 Å². The van der Waals surface area contributed by atoms with E-state index in [0.717, 1.165) is 17.3 Å². The Morgan fingerprint density at radius 2 is 2.25 bits per heavy atom. The van der Waals surface area contributed by atoms with E-state index in [4.69, 9.17) is 11.6 Å². The summed E-state index contributed by atoms with van der Waals surface area (Å²) < 4.78 is 1.82. The van der Waals surface area contributed by atoms with Gasteiger partial charge in [-0.3, -0.25) is 4.68 Å². The normalized spacial score (nSPS) is 13.2. The average molecular weight is 238 g/mol. The van der Waals surface area contributed by atoms with Gasteiger partial charge in [-0.25, -0.2) is 0 Å². The Kier molecular flexibility index (Phi) is 3.17. The maximum Gasteiger partial charge on any atom is 0.158 e. The van der Waals surface area contributed by atoms with Gasteiger partial charge in [0.15, 0.2) is 5.15 Å². The van der Waals surface area contributed by atoms with Crippen molar-refractivity contribution in [3.8, 4) is 0 Å². The van der Waals surface area contributed by atoms with E-state index in [-0.39, 0.29) is 0 Å². The number of aryl methyl sites for hydroxylation is 1. The van der Waals surface area contributed by atoms with Crippen LogP contribution in [0.3, 0.4) is 0 Å². The van der Waals surface area contributed by atoms with Crippen LogP contribution in [0.1, 0.15) is 12.5 Å². The predicted octanol–water partition coefficient (Wildman–Crippen LogP) is 2.38. The first-order valence-corrected chi connectivity index (χ1v) is 5.78. The lowest BCUT2D eigenvalue weighted by Crippen LogP contribution is -2.23. The van der Waals surface area contributed by atoms with Crippen molar-refractivity contribution >= 4 is 22.5 Å². The summed E-state index contributed by atoms with van der Waals surface area (Å²) in [5, 5.41) is 9.02. The number of benzene rings is 1. The number of halogens is 1. The van der Waals surface area contributed by atoms with E-state index in [1.807, 2.05) is 24.8 Å². The van der Waals surface area contributed by atoms with E-state index in [9.17, 15) is 0 Å². The molecule has 4 heteroatoms. The lowest BCUT2D eigenvalue weighted by atomic mass is 10.1. The maximum absolute atomic E-state index is 6.02. The van der Waals surface area contributed by atoms with Gasteiger partial charge in [-0.05, 0) is 38.1 Å². The molecular weight excluding hydrogens is 222 g/mol. The van der Waals surface area contributed by atoms with Crippen LogP contribution < -0.4 is 5.32 Å². The second-order valence-electron chi connectivity index (χ2n) is 4.16. The molecule has 1 aromatic carbocycles. The first-order valence-electron chi connectivity index (χ1n) is 5.40. The number of nitrogens with one attached hydrogen (secondary N) is 1. The fourth-order valence-electron chi connectivity index (χ4n) is 1.84. The molecule has 0 saturated carbocycles. The Morgan fingerprint density at radius 1 is 1.50 bits per heavy atom. The van der Waals surface area contributed by atoms with Gasteiger partial charge in [0.05, 0.1) is 5.52 Å². The van der Waals surface area contributed by atoms with Crippen molar-refractivity contribution < 1.29 is 0 Å². The maximum atomic E-state index is 6.02. The molecule has 1 N–H and O–H groups in total. The minimum absolute atomic E-state index is 0.473. The molecule has 0 aliphatic carbocycles. The Morgan fingerprint density at radius 3 is 2.94 bits per heavy atom. The van der Waals surface area contributed by atoms with Crippen molar-refractivity contribution in [2.24, 2.45) is 7.05 Å². The number of hydrogen-bond acceptors (Lipinski definition) is 2. The zero-order valence-corrected chi connectivity index (χ0v) is 10.5. The fraction of sp³-hybridized carbons (Fsp3) is 0.417. The number of hydrogen-bond donors (Lipinski definition) is 1. The Labute approximate surface area is 100 Å². The van der Waals surface area contributed by atoms with E-state index in [0.29, 0.717) is 11.2 Å². The minimum Gasteiger partial charge on any atom is -0.317 e. The van der Waals surface area contributed by atoms with Crippen molar-refractivity contribution in [1.82, 2.24) is 15.1 Å². The molecule has 2 rings (SSSR count). The monoisotopic (exact) mass is 237 g/mol. The molecule has 0 aliphatic rings. The standard InChI is InChI=1S/C12H16ClN3/c1-8(14-2)6-9-4-5-10-11(7-9)16(3)15-12(10)13/h4-5,7-8,14H,6H2,1-3H3. The van der Waals surface area contributed by atoms with Crippen LogP contribution in [0, 0.1) is 0 Å². The molecule has 0 fully saturated rings. The van der Waals surface area contributed by atoms with Gasteiger partial charge in [-0.2, -0.15) is 5.10 Å². The molecule has 0 bridgehead atoms. The molecule has 86 valence electrons. The van der Waals surface area contributed by atoms with Gasteiger partial charge in [-0.1, -0.05) is 17.7 Å². The van der Waals surface area contributed by atoms with Crippen LogP contribution in [0.2, 0.25) is 5.15 Å². The predicted molar refractivity (Wildman–Crippen MR) is 67.9 cm³/mol. The molecule has 3 nitrogen and oxygen atoms in total. The van der Waals surface area contributed by atoms with Crippen molar-refractivity contribution in [2.75, 3.05) is 7.05 Å². The van der Waals surface area contributed by atoms with Gasteiger partial charge in [0, 0.05) is 18.5 Å². The Bertz CT molecular complexity index is 504. The highest BCUT2D eigenvalue weighted by Crippen LogP contribution is 2.23. The van der Waals surface area contributed by atoms with Gasteiger partial charge < -0.3 is 5.32 Å². The number of likely N-dealkylation sites (N-methyl/N-ethyl adjacent to an activating group) is 1. The molecule has 16 heavy (non-hydrogen) atoms. The van der Waals surface area contributed by atoms with Crippen molar-refractivity contribution in [2.45, 2.75) is 19.4 Å².